The smallest absolute Gasteiger partial charge is 0.218 e. The van der Waals surface area contributed by atoms with Gasteiger partial charge in [0.05, 0.1) is 12.4 Å². The van der Waals surface area contributed by atoms with Crippen molar-refractivity contribution in [3.8, 4) is 5.75 Å². The summed E-state index contributed by atoms with van der Waals surface area (Å²) in [5, 5.41) is -0.539. The molecule has 1 aliphatic heterocycles. The molecular weight excluding hydrogens is 312 g/mol. The van der Waals surface area contributed by atoms with E-state index in [4.69, 9.17) is 16.3 Å². The Hall–Kier alpha value is -0.980. The maximum Gasteiger partial charge on any atom is 0.218 e. The van der Waals surface area contributed by atoms with Crippen LogP contribution in [0, 0.1) is 0 Å². The summed E-state index contributed by atoms with van der Waals surface area (Å²) in [6, 6.07) is 7.80. The van der Waals surface area contributed by atoms with Crippen molar-refractivity contribution < 1.29 is 13.2 Å². The van der Waals surface area contributed by atoms with Gasteiger partial charge in [-0.1, -0.05) is 6.07 Å². The zero-order chi connectivity index (χ0) is 15.5. The molecule has 0 aliphatic carbocycles. The number of hydrogen-bond acceptors (Lipinski definition) is 4. The van der Waals surface area contributed by atoms with Crippen LogP contribution >= 0.6 is 11.6 Å². The SMILES string of the molecule is COc1cccc(N2CCN(S(=O)(=O)C(C)CCl)CC2)c1. The number of hydrogen-bond donors (Lipinski definition) is 0. The predicted molar refractivity (Wildman–Crippen MR) is 85.9 cm³/mol. The summed E-state index contributed by atoms with van der Waals surface area (Å²) in [6.07, 6.45) is 0. The minimum Gasteiger partial charge on any atom is -0.497 e. The largest absolute Gasteiger partial charge is 0.497 e. The number of alkyl halides is 1. The Labute approximate surface area is 131 Å². The molecule has 0 N–H and O–H groups in total. The van der Waals surface area contributed by atoms with Crippen molar-refractivity contribution in [1.82, 2.24) is 4.31 Å². The van der Waals surface area contributed by atoms with Crippen LogP contribution in [0.1, 0.15) is 6.92 Å². The van der Waals surface area contributed by atoms with Gasteiger partial charge in [0.2, 0.25) is 10.0 Å². The van der Waals surface area contributed by atoms with E-state index >= 15 is 0 Å². The number of methoxy groups -OCH3 is 1. The number of ether oxygens (including phenoxy) is 1. The molecule has 1 aromatic carbocycles. The summed E-state index contributed by atoms with van der Waals surface area (Å²) in [5.74, 6) is 0.927. The maximum absolute atomic E-state index is 12.3. The number of anilines is 1. The highest BCUT2D eigenvalue weighted by Gasteiger charge is 2.31. The molecule has 118 valence electrons. The quantitative estimate of drug-likeness (QED) is 0.771. The minimum absolute atomic E-state index is 0.123. The van der Waals surface area contributed by atoms with E-state index in [0.29, 0.717) is 26.2 Å². The van der Waals surface area contributed by atoms with Crippen LogP contribution < -0.4 is 9.64 Å². The average Bonchev–Trinajstić information content (AvgIpc) is 2.54. The summed E-state index contributed by atoms with van der Waals surface area (Å²) in [7, 11) is -1.64. The molecule has 1 unspecified atom stereocenters. The minimum atomic E-state index is -3.28. The molecule has 7 heteroatoms. The average molecular weight is 333 g/mol. The molecule has 0 spiro atoms. The second-order valence-electron chi connectivity index (χ2n) is 5.10. The van der Waals surface area contributed by atoms with Gasteiger partial charge in [-0.15, -0.1) is 11.6 Å². The fourth-order valence-corrected chi connectivity index (χ4v) is 4.16. The van der Waals surface area contributed by atoms with Crippen molar-refractivity contribution >= 4 is 27.3 Å². The van der Waals surface area contributed by atoms with Crippen LogP contribution in [0.4, 0.5) is 5.69 Å². The molecule has 1 aromatic rings. The maximum atomic E-state index is 12.3. The first-order chi connectivity index (χ1) is 9.98. The van der Waals surface area contributed by atoms with Gasteiger partial charge in [-0.2, -0.15) is 4.31 Å². The van der Waals surface area contributed by atoms with Crippen LogP contribution in [0.2, 0.25) is 0 Å². The van der Waals surface area contributed by atoms with Crippen LogP contribution in [-0.4, -0.2) is 57.1 Å². The van der Waals surface area contributed by atoms with Crippen molar-refractivity contribution in [2.75, 3.05) is 44.1 Å². The van der Waals surface area contributed by atoms with Gasteiger partial charge in [0.25, 0.3) is 0 Å². The normalized spacial score (nSPS) is 18.5. The monoisotopic (exact) mass is 332 g/mol. The molecule has 1 fully saturated rings. The number of piperazine rings is 1. The van der Waals surface area contributed by atoms with E-state index < -0.39 is 15.3 Å². The van der Waals surface area contributed by atoms with Crippen LogP contribution in [0.15, 0.2) is 24.3 Å². The highest BCUT2D eigenvalue weighted by molar-refractivity contribution is 7.89. The standard InChI is InChI=1S/C14H21ClN2O3S/c1-12(11-15)21(18,19)17-8-6-16(7-9-17)13-4-3-5-14(10-13)20-2/h3-5,10,12H,6-9,11H2,1-2H3. The molecule has 0 amide bonds. The van der Waals surface area contributed by atoms with E-state index in [1.807, 2.05) is 24.3 Å². The molecule has 0 saturated carbocycles. The summed E-state index contributed by atoms with van der Waals surface area (Å²) in [4.78, 5) is 2.17. The topological polar surface area (TPSA) is 49.9 Å². The third-order valence-corrected chi connectivity index (χ3v) is 6.66. The summed E-state index contributed by atoms with van der Waals surface area (Å²) in [5.41, 5.74) is 1.05. The lowest BCUT2D eigenvalue weighted by Gasteiger charge is -2.36. The second-order valence-corrected chi connectivity index (χ2v) is 7.76. The molecule has 5 nitrogen and oxygen atoms in total. The van der Waals surface area contributed by atoms with E-state index in [1.165, 1.54) is 4.31 Å². The second kappa shape index (κ2) is 6.85. The van der Waals surface area contributed by atoms with Gasteiger partial charge in [0.1, 0.15) is 5.75 Å². The predicted octanol–water partition coefficient (Wildman–Crippen LogP) is 1.77. The highest BCUT2D eigenvalue weighted by atomic mass is 35.5. The Bertz CT molecular complexity index is 571. The molecule has 0 radical (unpaired) electrons. The van der Waals surface area contributed by atoms with E-state index in [2.05, 4.69) is 4.90 Å². The van der Waals surface area contributed by atoms with Gasteiger partial charge in [-0.3, -0.25) is 0 Å². The van der Waals surface area contributed by atoms with Crippen molar-refractivity contribution in [3.63, 3.8) is 0 Å². The summed E-state index contributed by atoms with van der Waals surface area (Å²) in [6.45, 7) is 3.96. The number of benzene rings is 1. The lowest BCUT2D eigenvalue weighted by Crippen LogP contribution is -2.51. The lowest BCUT2D eigenvalue weighted by molar-refractivity contribution is 0.380. The van der Waals surface area contributed by atoms with Gasteiger partial charge in [-0.05, 0) is 19.1 Å². The van der Waals surface area contributed by atoms with Crippen LogP contribution in [0.5, 0.6) is 5.75 Å². The molecule has 1 aliphatic rings. The fourth-order valence-electron chi connectivity index (χ4n) is 2.34. The zero-order valence-electron chi connectivity index (χ0n) is 12.3. The molecule has 1 heterocycles. The van der Waals surface area contributed by atoms with Crippen molar-refractivity contribution in [2.24, 2.45) is 0 Å². The molecular formula is C14H21ClN2O3S. The van der Waals surface area contributed by atoms with Crippen molar-refractivity contribution in [2.45, 2.75) is 12.2 Å². The highest BCUT2D eigenvalue weighted by Crippen LogP contribution is 2.23. The molecule has 1 saturated heterocycles. The molecule has 0 bridgehead atoms. The molecule has 0 aromatic heterocycles. The van der Waals surface area contributed by atoms with Gasteiger partial charge in [-0.25, -0.2) is 8.42 Å². The Kier molecular flexibility index (Phi) is 5.35. The van der Waals surface area contributed by atoms with Gasteiger partial charge in [0, 0.05) is 43.8 Å². The first-order valence-electron chi connectivity index (χ1n) is 6.93. The number of halogens is 1. The van der Waals surface area contributed by atoms with Crippen LogP contribution in [0.3, 0.4) is 0 Å². The van der Waals surface area contributed by atoms with Crippen LogP contribution in [-0.2, 0) is 10.0 Å². The first kappa shape index (κ1) is 16.4. The van der Waals surface area contributed by atoms with Gasteiger partial charge in [0.15, 0.2) is 0 Å². The van der Waals surface area contributed by atoms with Crippen molar-refractivity contribution in [1.29, 1.82) is 0 Å². The molecule has 2 rings (SSSR count). The zero-order valence-corrected chi connectivity index (χ0v) is 13.9. The first-order valence-corrected chi connectivity index (χ1v) is 8.96. The molecule has 21 heavy (non-hydrogen) atoms. The van der Waals surface area contributed by atoms with Crippen molar-refractivity contribution in [3.05, 3.63) is 24.3 Å². The van der Waals surface area contributed by atoms with E-state index in [9.17, 15) is 8.42 Å². The molecule has 1 atom stereocenters. The Morgan fingerprint density at radius 3 is 2.52 bits per heavy atom. The van der Waals surface area contributed by atoms with E-state index in [1.54, 1.807) is 14.0 Å². The summed E-state index contributed by atoms with van der Waals surface area (Å²) >= 11 is 5.68. The van der Waals surface area contributed by atoms with E-state index in [-0.39, 0.29) is 5.88 Å². The van der Waals surface area contributed by atoms with Gasteiger partial charge < -0.3 is 9.64 Å². The summed E-state index contributed by atoms with van der Waals surface area (Å²) < 4.78 is 31.3. The number of rotatable bonds is 5. The number of sulfonamides is 1. The van der Waals surface area contributed by atoms with Gasteiger partial charge >= 0.3 is 0 Å². The Balaban J connectivity index is 2.03. The Morgan fingerprint density at radius 1 is 1.29 bits per heavy atom. The number of nitrogens with zero attached hydrogens (tertiary/aromatic N) is 2. The Morgan fingerprint density at radius 2 is 1.95 bits per heavy atom. The third kappa shape index (κ3) is 3.62. The van der Waals surface area contributed by atoms with E-state index in [0.717, 1.165) is 11.4 Å². The fraction of sp³-hybridized carbons (Fsp3) is 0.571. The third-order valence-electron chi connectivity index (χ3n) is 3.74. The lowest BCUT2D eigenvalue weighted by atomic mass is 10.2. The van der Waals surface area contributed by atoms with Crippen LogP contribution in [0.25, 0.3) is 0 Å².